The molecule has 0 aliphatic heterocycles. The molecule has 3 aromatic rings. The van der Waals surface area contributed by atoms with Crippen LogP contribution in [0.15, 0.2) is 35.3 Å². The molecule has 1 fully saturated rings. The molecule has 0 radical (unpaired) electrons. The van der Waals surface area contributed by atoms with E-state index in [1.165, 1.54) is 25.3 Å². The lowest BCUT2D eigenvalue weighted by Gasteiger charge is -2.19. The zero-order valence-corrected chi connectivity index (χ0v) is 16.7. The fourth-order valence-electron chi connectivity index (χ4n) is 3.49. The molecule has 0 bridgehead atoms. The summed E-state index contributed by atoms with van der Waals surface area (Å²) in [6.07, 6.45) is 0.356. The van der Waals surface area contributed by atoms with E-state index in [1.54, 1.807) is 17.7 Å². The summed E-state index contributed by atoms with van der Waals surface area (Å²) in [7, 11) is 1.19. The minimum atomic E-state index is -2.94. The third-order valence-electron chi connectivity index (χ3n) is 5.27. The maximum Gasteiger partial charge on any atom is 0.359 e. The van der Waals surface area contributed by atoms with Crippen molar-refractivity contribution < 1.29 is 22.7 Å². The molecular weight excluding hydrogens is 413 g/mol. The molecule has 1 aliphatic rings. The standard InChI is InChI=1S/C21H19F3N4O3/c1-10(12-4-3-5-13(17(12)22)19(23)24)25-20-15-9-28(11-6-7-11)16(29)8-14(15)18(26-27-20)21(30)31-2/h3-5,8-11,19H,6-7H2,1-2H3,(H,25,27)/t10-/m1/s1. The van der Waals surface area contributed by atoms with Crippen molar-refractivity contribution >= 4 is 22.6 Å². The van der Waals surface area contributed by atoms with Crippen LogP contribution in [0, 0.1) is 5.82 Å². The summed E-state index contributed by atoms with van der Waals surface area (Å²) < 4.78 is 47.0. The number of carbonyl (C=O) groups excluding carboxylic acids is 1. The Morgan fingerprint density at radius 3 is 2.58 bits per heavy atom. The van der Waals surface area contributed by atoms with Gasteiger partial charge in [-0.2, -0.15) is 0 Å². The quantitative estimate of drug-likeness (QED) is 0.589. The average molecular weight is 432 g/mol. The number of esters is 1. The number of carbonyl (C=O) groups is 1. The molecule has 2 heterocycles. The monoisotopic (exact) mass is 432 g/mol. The Bertz CT molecular complexity index is 1220. The summed E-state index contributed by atoms with van der Waals surface area (Å²) in [5.74, 6) is -1.57. The second-order valence-corrected chi connectivity index (χ2v) is 7.38. The predicted molar refractivity (Wildman–Crippen MR) is 107 cm³/mol. The summed E-state index contributed by atoms with van der Waals surface area (Å²) in [6.45, 7) is 1.59. The smallest absolute Gasteiger partial charge is 0.359 e. The molecule has 31 heavy (non-hydrogen) atoms. The first kappa shape index (κ1) is 20.8. The molecule has 4 rings (SSSR count). The third-order valence-corrected chi connectivity index (χ3v) is 5.27. The Kier molecular flexibility index (Phi) is 5.38. The topological polar surface area (TPSA) is 86.1 Å². The van der Waals surface area contributed by atoms with E-state index < -0.39 is 29.8 Å². The van der Waals surface area contributed by atoms with Gasteiger partial charge in [0.25, 0.3) is 12.0 Å². The van der Waals surface area contributed by atoms with E-state index in [1.807, 2.05) is 0 Å². The molecule has 1 saturated carbocycles. The largest absolute Gasteiger partial charge is 0.464 e. The van der Waals surface area contributed by atoms with Crippen molar-refractivity contribution in [1.29, 1.82) is 0 Å². The lowest BCUT2D eigenvalue weighted by molar-refractivity contribution is 0.0595. The zero-order valence-electron chi connectivity index (χ0n) is 16.7. The fourth-order valence-corrected chi connectivity index (χ4v) is 3.49. The van der Waals surface area contributed by atoms with E-state index in [0.29, 0.717) is 5.39 Å². The molecule has 1 aliphatic carbocycles. The van der Waals surface area contributed by atoms with Gasteiger partial charge in [-0.25, -0.2) is 18.0 Å². The number of nitrogens with one attached hydrogen (secondary N) is 1. The number of aromatic nitrogens is 3. The minimum Gasteiger partial charge on any atom is -0.464 e. The number of benzene rings is 1. The first-order valence-electron chi connectivity index (χ1n) is 9.65. The van der Waals surface area contributed by atoms with Gasteiger partial charge in [0.15, 0.2) is 11.5 Å². The van der Waals surface area contributed by atoms with Crippen LogP contribution in [-0.2, 0) is 4.74 Å². The van der Waals surface area contributed by atoms with Crippen LogP contribution in [0.1, 0.15) is 59.9 Å². The van der Waals surface area contributed by atoms with Crippen LogP contribution >= 0.6 is 0 Å². The zero-order chi connectivity index (χ0) is 22.3. The van der Waals surface area contributed by atoms with Crippen molar-refractivity contribution in [3.8, 4) is 0 Å². The Hall–Kier alpha value is -3.43. The number of fused-ring (bicyclic) bond motifs is 1. The molecule has 1 atom stereocenters. The number of nitrogens with zero attached hydrogens (tertiary/aromatic N) is 3. The molecule has 10 heteroatoms. The van der Waals surface area contributed by atoms with Gasteiger partial charge in [0, 0.05) is 34.6 Å². The SMILES string of the molecule is COC(=O)c1nnc(N[C@H](C)c2cccc(C(F)F)c2F)c2cn(C3CC3)c(=O)cc12. The van der Waals surface area contributed by atoms with Crippen LogP contribution in [0.3, 0.4) is 0 Å². The van der Waals surface area contributed by atoms with Crippen LogP contribution in [0.2, 0.25) is 0 Å². The molecule has 7 nitrogen and oxygen atoms in total. The Morgan fingerprint density at radius 2 is 1.94 bits per heavy atom. The molecule has 0 unspecified atom stereocenters. The lowest BCUT2D eigenvalue weighted by atomic mass is 10.0. The highest BCUT2D eigenvalue weighted by atomic mass is 19.3. The second kappa shape index (κ2) is 8.01. The van der Waals surface area contributed by atoms with Crippen molar-refractivity contribution in [2.45, 2.75) is 38.3 Å². The molecule has 0 spiro atoms. The van der Waals surface area contributed by atoms with Gasteiger partial charge in [0.05, 0.1) is 18.7 Å². The number of methoxy groups -OCH3 is 1. The van der Waals surface area contributed by atoms with Gasteiger partial charge in [0.1, 0.15) is 5.82 Å². The Morgan fingerprint density at radius 1 is 1.23 bits per heavy atom. The molecule has 1 aromatic carbocycles. The number of halogens is 3. The summed E-state index contributed by atoms with van der Waals surface area (Å²) in [5, 5.41) is 11.5. The highest BCUT2D eigenvalue weighted by Crippen LogP contribution is 2.35. The van der Waals surface area contributed by atoms with Gasteiger partial charge in [-0.05, 0) is 19.8 Å². The number of ether oxygens (including phenoxy) is 1. The number of hydrogen-bond acceptors (Lipinski definition) is 6. The third kappa shape index (κ3) is 3.85. The minimum absolute atomic E-state index is 0.0281. The van der Waals surface area contributed by atoms with E-state index in [4.69, 9.17) is 4.74 Å². The van der Waals surface area contributed by atoms with Gasteiger partial charge in [-0.15, -0.1) is 10.2 Å². The Labute approximate surface area is 174 Å². The van der Waals surface area contributed by atoms with Gasteiger partial charge >= 0.3 is 5.97 Å². The maximum atomic E-state index is 14.6. The molecule has 162 valence electrons. The predicted octanol–water partition coefficient (Wildman–Crippen LogP) is 4.16. The van der Waals surface area contributed by atoms with E-state index in [-0.39, 0.29) is 34.1 Å². The van der Waals surface area contributed by atoms with Crippen LogP contribution in [-0.4, -0.2) is 27.8 Å². The molecule has 1 N–H and O–H groups in total. The van der Waals surface area contributed by atoms with Crippen LogP contribution < -0.4 is 10.9 Å². The van der Waals surface area contributed by atoms with Crippen LogP contribution in [0.25, 0.3) is 10.8 Å². The van der Waals surface area contributed by atoms with Crippen molar-refractivity contribution in [2.24, 2.45) is 0 Å². The van der Waals surface area contributed by atoms with Crippen molar-refractivity contribution in [3.63, 3.8) is 0 Å². The van der Waals surface area contributed by atoms with Crippen molar-refractivity contribution in [2.75, 3.05) is 12.4 Å². The number of pyridine rings is 1. The molecule has 0 saturated heterocycles. The summed E-state index contributed by atoms with van der Waals surface area (Å²) in [4.78, 5) is 24.6. The lowest BCUT2D eigenvalue weighted by Crippen LogP contribution is -2.20. The van der Waals surface area contributed by atoms with E-state index in [9.17, 15) is 22.8 Å². The maximum absolute atomic E-state index is 14.6. The normalized spacial score (nSPS) is 14.6. The van der Waals surface area contributed by atoms with Gasteiger partial charge in [-0.3, -0.25) is 4.79 Å². The first-order chi connectivity index (χ1) is 14.8. The van der Waals surface area contributed by atoms with Crippen molar-refractivity contribution in [3.05, 3.63) is 63.5 Å². The van der Waals surface area contributed by atoms with Gasteiger partial charge in [-0.1, -0.05) is 18.2 Å². The van der Waals surface area contributed by atoms with E-state index in [2.05, 4.69) is 15.5 Å². The number of rotatable bonds is 6. The molecule has 2 aromatic heterocycles. The fraction of sp³-hybridized carbons (Fsp3) is 0.333. The highest BCUT2D eigenvalue weighted by molar-refractivity contribution is 6.05. The first-order valence-corrected chi connectivity index (χ1v) is 9.65. The summed E-state index contributed by atoms with van der Waals surface area (Å²) >= 11 is 0. The number of alkyl halides is 2. The number of hydrogen-bond donors (Lipinski definition) is 1. The van der Waals surface area contributed by atoms with Crippen molar-refractivity contribution in [1.82, 2.24) is 14.8 Å². The highest BCUT2D eigenvalue weighted by Gasteiger charge is 2.27. The van der Waals surface area contributed by atoms with Crippen LogP contribution in [0.5, 0.6) is 0 Å². The van der Waals surface area contributed by atoms with Gasteiger partial charge < -0.3 is 14.6 Å². The molecular formula is C21H19F3N4O3. The van der Waals surface area contributed by atoms with E-state index >= 15 is 0 Å². The summed E-state index contributed by atoms with van der Waals surface area (Å²) in [5.41, 5.74) is -1.07. The number of anilines is 1. The average Bonchev–Trinajstić information content (AvgIpc) is 3.58. The second-order valence-electron chi connectivity index (χ2n) is 7.38. The van der Waals surface area contributed by atoms with Crippen LogP contribution in [0.4, 0.5) is 19.0 Å². The Balaban J connectivity index is 1.81. The molecule has 0 amide bonds. The van der Waals surface area contributed by atoms with Gasteiger partial charge in [0.2, 0.25) is 0 Å². The summed E-state index contributed by atoms with van der Waals surface area (Å²) in [6, 6.07) is 4.40. The van der Waals surface area contributed by atoms with E-state index in [0.717, 1.165) is 18.9 Å².